The van der Waals surface area contributed by atoms with Crippen molar-refractivity contribution in [3.8, 4) is 0 Å². The van der Waals surface area contributed by atoms with E-state index in [9.17, 15) is 4.79 Å². The molecule has 1 heterocycles. The molecule has 0 aliphatic carbocycles. The van der Waals surface area contributed by atoms with Crippen molar-refractivity contribution in [3.05, 3.63) is 89.1 Å². The smallest absolute Gasteiger partial charge is 0.168 e. The maximum atomic E-state index is 11.9. The summed E-state index contributed by atoms with van der Waals surface area (Å²) in [5.74, 6) is 1.15. The van der Waals surface area contributed by atoms with Crippen molar-refractivity contribution in [2.75, 3.05) is 0 Å². The number of aryl methyl sites for hydroxylation is 1. The fraction of sp³-hybridized carbons (Fsp3) is 0.360. The summed E-state index contributed by atoms with van der Waals surface area (Å²) in [6.45, 7) is 10.7. The van der Waals surface area contributed by atoms with E-state index in [-0.39, 0.29) is 5.92 Å². The van der Waals surface area contributed by atoms with Crippen molar-refractivity contribution in [3.63, 3.8) is 0 Å². The van der Waals surface area contributed by atoms with E-state index < -0.39 is 6.17 Å². The number of hydrogen-bond acceptors (Lipinski definition) is 4. The summed E-state index contributed by atoms with van der Waals surface area (Å²) in [5, 5.41) is 0. The number of allylic oxidation sites excluding steroid dienone is 5. The zero-order valence-corrected chi connectivity index (χ0v) is 18.3. The standard InChI is InChI=1S/C25H34N4O/c1-5-10-19(12-9-14-20-13-7-8-15-21(20)25(26)27)16-29-22(17-30)24(18(3)4)28-23(29)11-6-2/h5,7-10,12-13,15,17-18,25H,1,6,11,14,16,26-27H2,2-4H3/b12-9-,19-10+. The van der Waals surface area contributed by atoms with Crippen LogP contribution in [-0.2, 0) is 19.4 Å². The summed E-state index contributed by atoms with van der Waals surface area (Å²) in [5.41, 5.74) is 16.4. The van der Waals surface area contributed by atoms with Crippen molar-refractivity contribution in [2.45, 2.75) is 58.7 Å². The largest absolute Gasteiger partial charge is 0.321 e. The van der Waals surface area contributed by atoms with Crippen LogP contribution in [0.5, 0.6) is 0 Å². The Balaban J connectivity index is 2.31. The van der Waals surface area contributed by atoms with E-state index in [2.05, 4.69) is 39.5 Å². The maximum Gasteiger partial charge on any atom is 0.168 e. The monoisotopic (exact) mass is 406 g/mol. The first-order valence-electron chi connectivity index (χ1n) is 10.5. The molecule has 0 unspecified atom stereocenters. The molecule has 160 valence electrons. The van der Waals surface area contributed by atoms with Gasteiger partial charge in [0.25, 0.3) is 0 Å². The molecule has 0 spiro atoms. The zero-order chi connectivity index (χ0) is 22.1. The molecule has 1 aromatic carbocycles. The minimum atomic E-state index is -0.495. The fourth-order valence-electron chi connectivity index (χ4n) is 3.55. The molecule has 0 saturated carbocycles. The van der Waals surface area contributed by atoms with Crippen molar-refractivity contribution >= 4 is 6.29 Å². The Morgan fingerprint density at radius 2 is 2.00 bits per heavy atom. The van der Waals surface area contributed by atoms with Crippen LogP contribution in [0.25, 0.3) is 0 Å². The number of nitrogens with two attached hydrogens (primary N) is 2. The Bertz CT molecular complexity index is 919. The molecule has 0 fully saturated rings. The summed E-state index contributed by atoms with van der Waals surface area (Å²) in [6.07, 6.45) is 10.9. The molecule has 2 rings (SSSR count). The van der Waals surface area contributed by atoms with Gasteiger partial charge in [0.2, 0.25) is 0 Å². The normalized spacial score (nSPS) is 12.3. The van der Waals surface area contributed by atoms with Gasteiger partial charge in [-0.15, -0.1) is 0 Å². The maximum absolute atomic E-state index is 11.9. The predicted octanol–water partition coefficient (Wildman–Crippen LogP) is 4.60. The lowest BCUT2D eigenvalue weighted by molar-refractivity contribution is 0.111. The summed E-state index contributed by atoms with van der Waals surface area (Å²) >= 11 is 0. The van der Waals surface area contributed by atoms with Gasteiger partial charge in [0, 0.05) is 13.0 Å². The van der Waals surface area contributed by atoms with Crippen LogP contribution in [0.3, 0.4) is 0 Å². The van der Waals surface area contributed by atoms with Gasteiger partial charge in [0.15, 0.2) is 6.29 Å². The van der Waals surface area contributed by atoms with Gasteiger partial charge in [-0.2, -0.15) is 0 Å². The SMILES string of the molecule is C=C/C=C(\C=C/Cc1ccccc1C(N)N)Cn1c(CCC)nc(C(C)C)c1C=O. The molecule has 1 aromatic heterocycles. The number of carbonyl (C=O) groups excluding carboxylic acids is 1. The van der Waals surface area contributed by atoms with Gasteiger partial charge in [0.1, 0.15) is 11.5 Å². The van der Waals surface area contributed by atoms with Crippen LogP contribution in [0.15, 0.2) is 60.7 Å². The molecule has 5 nitrogen and oxygen atoms in total. The molecule has 0 radical (unpaired) electrons. The van der Waals surface area contributed by atoms with Crippen molar-refractivity contribution in [1.29, 1.82) is 0 Å². The third kappa shape index (κ3) is 5.88. The average Bonchev–Trinajstić information content (AvgIpc) is 3.06. The highest BCUT2D eigenvalue weighted by Crippen LogP contribution is 2.22. The molecule has 0 bridgehead atoms. The second-order valence-electron chi connectivity index (χ2n) is 7.72. The molecule has 4 N–H and O–H groups in total. The number of aromatic nitrogens is 2. The molecule has 0 saturated heterocycles. The Morgan fingerprint density at radius 1 is 1.27 bits per heavy atom. The number of benzene rings is 1. The van der Waals surface area contributed by atoms with Gasteiger partial charge in [-0.25, -0.2) is 4.98 Å². The van der Waals surface area contributed by atoms with Crippen molar-refractivity contribution < 1.29 is 4.79 Å². The number of rotatable bonds is 11. The summed E-state index contributed by atoms with van der Waals surface area (Å²) in [6, 6.07) is 7.93. The zero-order valence-electron chi connectivity index (χ0n) is 18.3. The number of hydrogen-bond donors (Lipinski definition) is 2. The van der Waals surface area contributed by atoms with Gasteiger partial charge >= 0.3 is 0 Å². The quantitative estimate of drug-likeness (QED) is 0.324. The molecule has 0 atom stereocenters. The molecule has 0 aliphatic rings. The summed E-state index contributed by atoms with van der Waals surface area (Å²) < 4.78 is 2.04. The third-order valence-corrected chi connectivity index (χ3v) is 5.00. The van der Waals surface area contributed by atoms with Crippen LogP contribution in [0.4, 0.5) is 0 Å². The van der Waals surface area contributed by atoms with E-state index in [4.69, 9.17) is 16.5 Å². The van der Waals surface area contributed by atoms with Crippen LogP contribution in [0, 0.1) is 0 Å². The first kappa shape index (κ1) is 23.5. The van der Waals surface area contributed by atoms with Crippen LogP contribution in [0.2, 0.25) is 0 Å². The summed E-state index contributed by atoms with van der Waals surface area (Å²) in [4.78, 5) is 16.6. The van der Waals surface area contributed by atoms with E-state index in [0.717, 1.165) is 53.8 Å². The van der Waals surface area contributed by atoms with Gasteiger partial charge in [-0.1, -0.05) is 75.9 Å². The molecule has 30 heavy (non-hydrogen) atoms. The van der Waals surface area contributed by atoms with Crippen LogP contribution in [-0.4, -0.2) is 15.8 Å². The second-order valence-corrected chi connectivity index (χ2v) is 7.72. The molecule has 0 aliphatic heterocycles. The number of imidazole rings is 1. The van der Waals surface area contributed by atoms with E-state index >= 15 is 0 Å². The fourth-order valence-corrected chi connectivity index (χ4v) is 3.55. The average molecular weight is 407 g/mol. The van der Waals surface area contributed by atoms with E-state index in [1.54, 1.807) is 6.08 Å². The van der Waals surface area contributed by atoms with Crippen LogP contribution < -0.4 is 11.5 Å². The van der Waals surface area contributed by atoms with E-state index in [1.807, 2.05) is 34.9 Å². The molecule has 2 aromatic rings. The highest BCUT2D eigenvalue weighted by atomic mass is 16.1. The Morgan fingerprint density at radius 3 is 2.60 bits per heavy atom. The highest BCUT2D eigenvalue weighted by molar-refractivity contribution is 5.74. The topological polar surface area (TPSA) is 86.9 Å². The Hall–Kier alpha value is -2.76. The minimum Gasteiger partial charge on any atom is -0.321 e. The van der Waals surface area contributed by atoms with Gasteiger partial charge in [-0.3, -0.25) is 4.79 Å². The first-order valence-corrected chi connectivity index (χ1v) is 10.5. The number of carbonyl (C=O) groups is 1. The lowest BCUT2D eigenvalue weighted by Crippen LogP contribution is -2.21. The lowest BCUT2D eigenvalue weighted by atomic mass is 10.0. The molecule has 5 heteroatoms. The van der Waals surface area contributed by atoms with Gasteiger partial charge in [-0.05, 0) is 35.5 Å². The third-order valence-electron chi connectivity index (χ3n) is 5.00. The van der Waals surface area contributed by atoms with E-state index in [0.29, 0.717) is 12.2 Å². The first-order chi connectivity index (χ1) is 14.4. The predicted molar refractivity (Wildman–Crippen MR) is 124 cm³/mol. The summed E-state index contributed by atoms with van der Waals surface area (Å²) in [7, 11) is 0. The van der Waals surface area contributed by atoms with Gasteiger partial charge in [0.05, 0.1) is 11.9 Å². The Labute approximate surface area is 180 Å². The molecule has 0 amide bonds. The Kier molecular flexibility index (Phi) is 8.96. The van der Waals surface area contributed by atoms with Crippen molar-refractivity contribution in [1.82, 2.24) is 9.55 Å². The number of aldehydes is 1. The highest BCUT2D eigenvalue weighted by Gasteiger charge is 2.18. The molecular formula is C25H34N4O. The number of nitrogens with zero attached hydrogens (tertiary/aromatic N) is 2. The minimum absolute atomic E-state index is 0.196. The van der Waals surface area contributed by atoms with Crippen molar-refractivity contribution in [2.24, 2.45) is 11.5 Å². The van der Waals surface area contributed by atoms with Crippen LogP contribution >= 0.6 is 0 Å². The van der Waals surface area contributed by atoms with Crippen LogP contribution in [0.1, 0.15) is 72.4 Å². The molecular weight excluding hydrogens is 372 g/mol. The van der Waals surface area contributed by atoms with E-state index in [1.165, 1.54) is 0 Å². The lowest BCUT2D eigenvalue weighted by Gasteiger charge is -2.12. The van der Waals surface area contributed by atoms with Gasteiger partial charge < -0.3 is 16.0 Å². The second kappa shape index (κ2) is 11.4.